The first-order chi connectivity index (χ1) is 7.31. The lowest BCUT2D eigenvalue weighted by atomic mass is 10.3. The fourth-order valence-electron chi connectivity index (χ4n) is 1.16. The lowest BCUT2D eigenvalue weighted by Gasteiger charge is -2.04. The van der Waals surface area contributed by atoms with Gasteiger partial charge in [-0.15, -0.1) is 0 Å². The van der Waals surface area contributed by atoms with Crippen LogP contribution < -0.4 is 5.32 Å². The molecule has 0 fully saturated rings. The molecule has 0 radical (unpaired) electrons. The Hall–Kier alpha value is -1.24. The Morgan fingerprint density at radius 1 is 1.27 bits per heavy atom. The van der Waals surface area contributed by atoms with Crippen molar-refractivity contribution in [1.29, 1.82) is 0 Å². The van der Waals surface area contributed by atoms with E-state index in [1.54, 1.807) is 12.4 Å². The van der Waals surface area contributed by atoms with Gasteiger partial charge in [-0.1, -0.05) is 6.07 Å². The molecular formula is C10H9IN4. The average Bonchev–Trinajstić information content (AvgIpc) is 2.31. The van der Waals surface area contributed by atoms with Gasteiger partial charge in [0.25, 0.3) is 0 Å². The molecule has 15 heavy (non-hydrogen) atoms. The van der Waals surface area contributed by atoms with Crippen molar-refractivity contribution in [3.63, 3.8) is 0 Å². The SMILES string of the molecule is CNc1nc(-c2ccccn2)ncc1I. The Morgan fingerprint density at radius 2 is 2.13 bits per heavy atom. The van der Waals surface area contributed by atoms with Gasteiger partial charge in [-0.05, 0) is 34.7 Å². The summed E-state index contributed by atoms with van der Waals surface area (Å²) in [6, 6.07) is 5.68. The zero-order valence-electron chi connectivity index (χ0n) is 8.11. The van der Waals surface area contributed by atoms with Gasteiger partial charge >= 0.3 is 0 Å². The maximum atomic E-state index is 4.37. The third-order valence-electron chi connectivity index (χ3n) is 1.87. The summed E-state index contributed by atoms with van der Waals surface area (Å²) in [6.45, 7) is 0. The van der Waals surface area contributed by atoms with Crippen LogP contribution in [0.15, 0.2) is 30.6 Å². The molecule has 0 bridgehead atoms. The van der Waals surface area contributed by atoms with Crippen molar-refractivity contribution in [2.45, 2.75) is 0 Å². The largest absolute Gasteiger partial charge is 0.372 e. The van der Waals surface area contributed by atoms with E-state index in [4.69, 9.17) is 0 Å². The highest BCUT2D eigenvalue weighted by Crippen LogP contribution is 2.18. The number of nitrogens with one attached hydrogen (secondary N) is 1. The summed E-state index contributed by atoms with van der Waals surface area (Å²) in [5.41, 5.74) is 0.783. The van der Waals surface area contributed by atoms with Crippen LogP contribution >= 0.6 is 22.6 Å². The molecule has 0 aromatic carbocycles. The van der Waals surface area contributed by atoms with Crippen LogP contribution in [-0.2, 0) is 0 Å². The van der Waals surface area contributed by atoms with Gasteiger partial charge < -0.3 is 5.32 Å². The summed E-state index contributed by atoms with van der Waals surface area (Å²) in [5.74, 6) is 1.46. The third-order valence-corrected chi connectivity index (χ3v) is 2.66. The Balaban J connectivity index is 2.46. The van der Waals surface area contributed by atoms with Gasteiger partial charge in [0.15, 0.2) is 5.82 Å². The van der Waals surface area contributed by atoms with Crippen LogP contribution in [0, 0.1) is 3.57 Å². The minimum Gasteiger partial charge on any atom is -0.372 e. The Labute approximate surface area is 101 Å². The van der Waals surface area contributed by atoms with Crippen molar-refractivity contribution in [2.24, 2.45) is 0 Å². The van der Waals surface area contributed by atoms with Crippen LogP contribution in [-0.4, -0.2) is 22.0 Å². The maximum absolute atomic E-state index is 4.37. The van der Waals surface area contributed by atoms with Crippen molar-refractivity contribution in [3.8, 4) is 11.5 Å². The van der Waals surface area contributed by atoms with Gasteiger partial charge in [0.2, 0.25) is 0 Å². The van der Waals surface area contributed by atoms with E-state index in [0.717, 1.165) is 15.1 Å². The van der Waals surface area contributed by atoms with Crippen LogP contribution in [0.5, 0.6) is 0 Å². The number of hydrogen-bond acceptors (Lipinski definition) is 4. The molecule has 0 aliphatic carbocycles. The first-order valence-corrected chi connectivity index (χ1v) is 5.51. The van der Waals surface area contributed by atoms with E-state index in [9.17, 15) is 0 Å². The molecule has 0 saturated carbocycles. The topological polar surface area (TPSA) is 50.7 Å². The quantitative estimate of drug-likeness (QED) is 0.864. The van der Waals surface area contributed by atoms with E-state index < -0.39 is 0 Å². The second-order valence-electron chi connectivity index (χ2n) is 2.86. The van der Waals surface area contributed by atoms with Gasteiger partial charge in [-0.25, -0.2) is 9.97 Å². The number of halogens is 1. The molecular weight excluding hydrogens is 303 g/mol. The number of rotatable bonds is 2. The Kier molecular flexibility index (Phi) is 3.10. The third kappa shape index (κ3) is 2.23. The van der Waals surface area contributed by atoms with Crippen molar-refractivity contribution >= 4 is 28.4 Å². The second-order valence-corrected chi connectivity index (χ2v) is 4.02. The fraction of sp³-hybridized carbons (Fsp3) is 0.100. The van der Waals surface area contributed by atoms with Crippen molar-refractivity contribution < 1.29 is 0 Å². The smallest absolute Gasteiger partial charge is 0.180 e. The predicted octanol–water partition coefficient (Wildman–Crippen LogP) is 2.18. The van der Waals surface area contributed by atoms with E-state index in [1.807, 2.05) is 25.2 Å². The summed E-state index contributed by atoms with van der Waals surface area (Å²) in [5, 5.41) is 3.02. The van der Waals surface area contributed by atoms with Crippen molar-refractivity contribution in [1.82, 2.24) is 15.0 Å². The molecule has 0 aliphatic rings. The monoisotopic (exact) mass is 312 g/mol. The molecule has 76 valence electrons. The summed E-state index contributed by atoms with van der Waals surface area (Å²) < 4.78 is 0.995. The predicted molar refractivity (Wildman–Crippen MR) is 67.5 cm³/mol. The molecule has 0 aliphatic heterocycles. The molecule has 2 heterocycles. The van der Waals surface area contributed by atoms with Crippen LogP contribution in [0.3, 0.4) is 0 Å². The molecule has 1 N–H and O–H groups in total. The lowest BCUT2D eigenvalue weighted by molar-refractivity contribution is 1.12. The molecule has 2 rings (SSSR count). The van der Waals surface area contributed by atoms with E-state index in [0.29, 0.717) is 5.82 Å². The zero-order chi connectivity index (χ0) is 10.7. The molecule has 0 amide bonds. The van der Waals surface area contributed by atoms with E-state index >= 15 is 0 Å². The van der Waals surface area contributed by atoms with E-state index in [1.165, 1.54) is 0 Å². The highest BCUT2D eigenvalue weighted by Gasteiger charge is 2.05. The fourth-order valence-corrected chi connectivity index (χ4v) is 1.69. The standard InChI is InChI=1S/C10H9IN4/c1-12-9-7(11)6-14-10(15-9)8-4-2-3-5-13-8/h2-6H,1H3,(H,12,14,15). The number of pyridine rings is 1. The lowest BCUT2D eigenvalue weighted by Crippen LogP contribution is -1.99. The summed E-state index contributed by atoms with van der Waals surface area (Å²) in [6.07, 6.45) is 3.51. The molecule has 5 heteroatoms. The van der Waals surface area contributed by atoms with Gasteiger partial charge in [-0.3, -0.25) is 4.98 Å². The summed E-state index contributed by atoms with van der Waals surface area (Å²) in [4.78, 5) is 12.8. The number of nitrogens with zero attached hydrogens (tertiary/aromatic N) is 3. The maximum Gasteiger partial charge on any atom is 0.180 e. The number of aromatic nitrogens is 3. The molecule has 0 spiro atoms. The summed E-state index contributed by atoms with van der Waals surface area (Å²) in [7, 11) is 1.84. The summed E-state index contributed by atoms with van der Waals surface area (Å²) >= 11 is 2.19. The number of anilines is 1. The van der Waals surface area contributed by atoms with Crippen molar-refractivity contribution in [3.05, 3.63) is 34.2 Å². The van der Waals surface area contributed by atoms with Gasteiger partial charge in [-0.2, -0.15) is 0 Å². The molecule has 0 saturated heterocycles. The first-order valence-electron chi connectivity index (χ1n) is 4.43. The normalized spacial score (nSPS) is 10.0. The average molecular weight is 312 g/mol. The van der Waals surface area contributed by atoms with Gasteiger partial charge in [0, 0.05) is 19.4 Å². The van der Waals surface area contributed by atoms with Crippen LogP contribution in [0.1, 0.15) is 0 Å². The number of hydrogen-bond donors (Lipinski definition) is 1. The molecule has 0 unspecified atom stereocenters. The Morgan fingerprint density at radius 3 is 2.80 bits per heavy atom. The Bertz CT molecular complexity index is 458. The van der Waals surface area contributed by atoms with Crippen LogP contribution in [0.25, 0.3) is 11.5 Å². The van der Waals surface area contributed by atoms with Gasteiger partial charge in [0.1, 0.15) is 11.5 Å². The highest BCUT2D eigenvalue weighted by atomic mass is 127. The minimum absolute atomic E-state index is 0.639. The highest BCUT2D eigenvalue weighted by molar-refractivity contribution is 14.1. The van der Waals surface area contributed by atoms with Crippen LogP contribution in [0.2, 0.25) is 0 Å². The first kappa shape index (κ1) is 10.3. The zero-order valence-corrected chi connectivity index (χ0v) is 10.3. The minimum atomic E-state index is 0.639. The van der Waals surface area contributed by atoms with Crippen molar-refractivity contribution in [2.75, 3.05) is 12.4 Å². The van der Waals surface area contributed by atoms with E-state index in [2.05, 4.69) is 42.9 Å². The van der Waals surface area contributed by atoms with E-state index in [-0.39, 0.29) is 0 Å². The van der Waals surface area contributed by atoms with Gasteiger partial charge in [0.05, 0.1) is 3.57 Å². The molecule has 2 aromatic heterocycles. The molecule has 0 atom stereocenters. The molecule has 4 nitrogen and oxygen atoms in total. The molecule has 2 aromatic rings. The van der Waals surface area contributed by atoms with Crippen LogP contribution in [0.4, 0.5) is 5.82 Å². The second kappa shape index (κ2) is 4.52.